The van der Waals surface area contributed by atoms with Crippen molar-refractivity contribution < 1.29 is 5.11 Å². The van der Waals surface area contributed by atoms with E-state index in [1.54, 1.807) is 0 Å². The van der Waals surface area contributed by atoms with Gasteiger partial charge < -0.3 is 15.3 Å². The van der Waals surface area contributed by atoms with Crippen LogP contribution in [0.1, 0.15) is 32.1 Å². The quantitative estimate of drug-likeness (QED) is 0.438. The number of nitrogen functional groups attached to an aromatic ring is 1. The minimum Gasteiger partial charge on any atom is -0.396 e. The lowest BCUT2D eigenvalue weighted by Gasteiger charge is -2.27. The number of nitrogens with two attached hydrogens (primary N) is 1. The minimum absolute atomic E-state index is 0.00816. The van der Waals surface area contributed by atoms with Crippen molar-refractivity contribution in [3.05, 3.63) is 0 Å². The molecule has 3 rings (SSSR count). The average Bonchev–Trinajstić information content (AvgIpc) is 3.34. The lowest BCUT2D eigenvalue weighted by molar-refractivity contribution is 0.219. The summed E-state index contributed by atoms with van der Waals surface area (Å²) in [5.41, 5.74) is 2.50. The fraction of sp³-hybridized carbons (Fsp3) is 0.769. The molecule has 1 aliphatic heterocycles. The lowest BCUT2D eigenvalue weighted by atomic mass is 10.1. The summed E-state index contributed by atoms with van der Waals surface area (Å²) in [6.45, 7) is 2.81. The van der Waals surface area contributed by atoms with Gasteiger partial charge >= 0.3 is 0 Å². The molecule has 1 aromatic heterocycles. The molecule has 2 aliphatic rings. The molecule has 0 radical (unpaired) electrons. The number of piperidine rings is 1. The van der Waals surface area contributed by atoms with E-state index < -0.39 is 0 Å². The predicted octanol–water partition coefficient (Wildman–Crippen LogP) is 0.332. The van der Waals surface area contributed by atoms with Gasteiger partial charge in [0.2, 0.25) is 17.8 Å². The van der Waals surface area contributed by atoms with Crippen LogP contribution in [-0.4, -0.2) is 46.3 Å². The van der Waals surface area contributed by atoms with Crippen molar-refractivity contribution in [2.45, 2.75) is 32.1 Å². The third-order valence-electron chi connectivity index (χ3n) is 4.31. The van der Waals surface area contributed by atoms with Crippen LogP contribution in [0.25, 0.3) is 0 Å². The van der Waals surface area contributed by atoms with Crippen LogP contribution in [0.5, 0.6) is 0 Å². The van der Waals surface area contributed by atoms with Gasteiger partial charge in [0.05, 0.1) is 6.61 Å². The lowest BCUT2D eigenvalue weighted by Crippen LogP contribution is -2.32. The van der Waals surface area contributed by atoms with Crippen molar-refractivity contribution in [3.63, 3.8) is 0 Å². The minimum atomic E-state index is 0.00816. The second-order valence-electron chi connectivity index (χ2n) is 5.99. The van der Waals surface area contributed by atoms with Gasteiger partial charge in [0.25, 0.3) is 0 Å². The zero-order valence-electron chi connectivity index (χ0n) is 12.2. The Balaban J connectivity index is 1.73. The number of rotatable bonds is 6. The van der Waals surface area contributed by atoms with Gasteiger partial charge in [-0.1, -0.05) is 0 Å². The maximum Gasteiger partial charge on any atom is 0.243 e. The second kappa shape index (κ2) is 5.98. The van der Waals surface area contributed by atoms with Crippen LogP contribution in [0.4, 0.5) is 17.8 Å². The molecule has 0 bridgehead atoms. The highest BCUT2D eigenvalue weighted by molar-refractivity contribution is 5.43. The molecule has 0 spiro atoms. The smallest absolute Gasteiger partial charge is 0.243 e. The molecule has 1 aliphatic carbocycles. The van der Waals surface area contributed by atoms with Gasteiger partial charge in [0.15, 0.2) is 0 Å². The Morgan fingerprint density at radius 3 is 2.43 bits per heavy atom. The molecule has 8 nitrogen and oxygen atoms in total. The molecule has 0 aromatic carbocycles. The molecule has 1 saturated heterocycles. The van der Waals surface area contributed by atoms with E-state index in [-0.39, 0.29) is 12.0 Å². The maximum absolute atomic E-state index is 9.36. The third kappa shape index (κ3) is 3.33. The van der Waals surface area contributed by atoms with Gasteiger partial charge in [-0.2, -0.15) is 15.0 Å². The Morgan fingerprint density at radius 2 is 1.81 bits per heavy atom. The number of nitrogens with one attached hydrogen (secondary N) is 2. The van der Waals surface area contributed by atoms with Crippen LogP contribution >= 0.6 is 0 Å². The summed E-state index contributed by atoms with van der Waals surface area (Å²) in [4.78, 5) is 15.2. The van der Waals surface area contributed by atoms with Crippen molar-refractivity contribution in [3.8, 4) is 0 Å². The average molecular weight is 293 g/mol. The number of hydrogen-bond acceptors (Lipinski definition) is 8. The number of aliphatic hydroxyl groups is 1. The molecule has 0 unspecified atom stereocenters. The first-order valence-electron chi connectivity index (χ1n) is 7.57. The van der Waals surface area contributed by atoms with Gasteiger partial charge in [-0.3, -0.25) is 5.43 Å². The molecule has 0 amide bonds. The molecule has 116 valence electrons. The van der Waals surface area contributed by atoms with Crippen molar-refractivity contribution >= 4 is 17.8 Å². The Kier molecular flexibility index (Phi) is 4.07. The number of hydrazine groups is 1. The monoisotopic (exact) mass is 293 g/mol. The largest absolute Gasteiger partial charge is 0.396 e. The van der Waals surface area contributed by atoms with Gasteiger partial charge in [-0.15, -0.1) is 0 Å². The topological polar surface area (TPSA) is 112 Å². The molecule has 21 heavy (non-hydrogen) atoms. The van der Waals surface area contributed by atoms with Crippen LogP contribution in [0.2, 0.25) is 0 Å². The van der Waals surface area contributed by atoms with Crippen LogP contribution in [-0.2, 0) is 0 Å². The predicted molar refractivity (Wildman–Crippen MR) is 80.9 cm³/mol. The summed E-state index contributed by atoms with van der Waals surface area (Å²) < 4.78 is 0. The fourth-order valence-electron chi connectivity index (χ4n) is 2.58. The first-order valence-corrected chi connectivity index (χ1v) is 7.57. The van der Waals surface area contributed by atoms with Crippen molar-refractivity contribution in [1.82, 2.24) is 15.0 Å². The first-order chi connectivity index (χ1) is 10.2. The van der Waals surface area contributed by atoms with E-state index in [0.29, 0.717) is 24.4 Å². The summed E-state index contributed by atoms with van der Waals surface area (Å²) in [6.07, 6.45) is 5.67. The van der Waals surface area contributed by atoms with E-state index >= 15 is 0 Å². The van der Waals surface area contributed by atoms with Gasteiger partial charge in [-0.05, 0) is 32.1 Å². The molecule has 2 heterocycles. The van der Waals surface area contributed by atoms with E-state index in [2.05, 4.69) is 30.6 Å². The van der Waals surface area contributed by atoms with Crippen LogP contribution < -0.4 is 21.5 Å². The number of aliphatic hydroxyl groups excluding tert-OH is 1. The van der Waals surface area contributed by atoms with Gasteiger partial charge in [0.1, 0.15) is 0 Å². The number of anilines is 3. The Labute approximate surface area is 124 Å². The Hall–Kier alpha value is -1.67. The number of hydrogen-bond donors (Lipinski definition) is 4. The first kappa shape index (κ1) is 14.3. The zero-order valence-corrected chi connectivity index (χ0v) is 12.2. The van der Waals surface area contributed by atoms with Crippen molar-refractivity contribution in [2.24, 2.45) is 11.3 Å². The molecule has 8 heteroatoms. The summed E-state index contributed by atoms with van der Waals surface area (Å²) in [7, 11) is 0. The summed E-state index contributed by atoms with van der Waals surface area (Å²) >= 11 is 0. The highest BCUT2D eigenvalue weighted by atomic mass is 16.3. The van der Waals surface area contributed by atoms with Gasteiger partial charge in [-0.25, -0.2) is 5.84 Å². The highest BCUT2D eigenvalue weighted by Crippen LogP contribution is 2.44. The molecule has 1 saturated carbocycles. The summed E-state index contributed by atoms with van der Waals surface area (Å²) in [5, 5.41) is 12.6. The molecule has 0 atom stereocenters. The highest BCUT2D eigenvalue weighted by Gasteiger charge is 2.41. The third-order valence-corrected chi connectivity index (χ3v) is 4.31. The Bertz CT molecular complexity index is 485. The fourth-order valence-corrected chi connectivity index (χ4v) is 2.58. The number of aromatic nitrogens is 3. The van der Waals surface area contributed by atoms with Crippen LogP contribution in [0.15, 0.2) is 0 Å². The van der Waals surface area contributed by atoms with E-state index in [1.165, 1.54) is 6.42 Å². The Morgan fingerprint density at radius 1 is 1.10 bits per heavy atom. The van der Waals surface area contributed by atoms with Crippen LogP contribution in [0, 0.1) is 5.41 Å². The zero-order chi connectivity index (χ0) is 14.7. The normalized spacial score (nSPS) is 20.2. The van der Waals surface area contributed by atoms with Crippen LogP contribution in [0.3, 0.4) is 0 Å². The van der Waals surface area contributed by atoms with E-state index in [4.69, 9.17) is 5.84 Å². The standard InChI is InChI=1S/C13H23N7O/c14-19-11-16-10(15-8-13(9-21)4-5-13)17-12(18-11)20-6-2-1-3-7-20/h21H,1-9,14H2,(H2,15,16,17,18,19). The molecule has 1 aromatic rings. The second-order valence-corrected chi connectivity index (χ2v) is 5.99. The summed E-state index contributed by atoms with van der Waals surface area (Å²) in [6, 6.07) is 0. The van der Waals surface area contributed by atoms with Crippen molar-refractivity contribution in [1.29, 1.82) is 0 Å². The van der Waals surface area contributed by atoms with Crippen molar-refractivity contribution in [2.75, 3.05) is 41.9 Å². The van der Waals surface area contributed by atoms with E-state index in [1.807, 2.05) is 0 Å². The molecular weight excluding hydrogens is 270 g/mol. The molecule has 5 N–H and O–H groups in total. The SMILES string of the molecule is NNc1nc(NCC2(CO)CC2)nc(N2CCCCC2)n1. The number of nitrogens with zero attached hydrogens (tertiary/aromatic N) is 4. The summed E-state index contributed by atoms with van der Waals surface area (Å²) in [5.74, 6) is 6.98. The van der Waals surface area contributed by atoms with Gasteiger partial charge in [0, 0.05) is 25.0 Å². The van der Waals surface area contributed by atoms with E-state index in [9.17, 15) is 5.11 Å². The molecular formula is C13H23N7O. The molecule has 2 fully saturated rings. The maximum atomic E-state index is 9.36. The van der Waals surface area contributed by atoms with E-state index in [0.717, 1.165) is 38.8 Å².